The van der Waals surface area contributed by atoms with E-state index in [1.807, 2.05) is 24.3 Å². The Morgan fingerprint density at radius 3 is 2.83 bits per heavy atom. The van der Waals surface area contributed by atoms with E-state index in [1.165, 1.54) is 0 Å². The van der Waals surface area contributed by atoms with Crippen LogP contribution < -0.4 is 5.69 Å². The molecule has 18 heavy (non-hydrogen) atoms. The van der Waals surface area contributed by atoms with Gasteiger partial charge in [-0.25, -0.2) is 13.2 Å². The van der Waals surface area contributed by atoms with Crippen molar-refractivity contribution < 1.29 is 8.42 Å². The predicted octanol–water partition coefficient (Wildman–Crippen LogP) is 0.764. The Labute approximate surface area is 104 Å². The number of aromatic amines is 1. The number of benzene rings is 1. The number of nitrogens with one attached hydrogen (secondary N) is 1. The van der Waals surface area contributed by atoms with Gasteiger partial charge in [0.05, 0.1) is 22.5 Å². The van der Waals surface area contributed by atoms with Crippen LogP contribution in [0.1, 0.15) is 6.42 Å². The Morgan fingerprint density at radius 2 is 2.11 bits per heavy atom. The molecular weight excluding hydrogens is 252 g/mol. The average Bonchev–Trinajstić information content (AvgIpc) is 2.81. The third-order valence-corrected chi connectivity index (χ3v) is 5.29. The molecule has 96 valence electrons. The molecule has 1 unspecified atom stereocenters. The van der Waals surface area contributed by atoms with Crippen molar-refractivity contribution in [1.29, 1.82) is 0 Å². The van der Waals surface area contributed by atoms with Gasteiger partial charge in [0.2, 0.25) is 0 Å². The van der Waals surface area contributed by atoms with Crippen LogP contribution in [0.3, 0.4) is 0 Å². The summed E-state index contributed by atoms with van der Waals surface area (Å²) in [5, 5.41) is 0. The van der Waals surface area contributed by atoms with E-state index < -0.39 is 9.84 Å². The SMILES string of the molecule is O=c1[nH]c2ccccc2n1CC1CCS(=O)(=O)C1. The number of sulfone groups is 1. The average molecular weight is 266 g/mol. The van der Waals surface area contributed by atoms with E-state index in [0.29, 0.717) is 13.0 Å². The second kappa shape index (κ2) is 3.98. The van der Waals surface area contributed by atoms with E-state index >= 15 is 0 Å². The van der Waals surface area contributed by atoms with Crippen LogP contribution in [0.4, 0.5) is 0 Å². The lowest BCUT2D eigenvalue weighted by atomic mass is 10.1. The van der Waals surface area contributed by atoms with Gasteiger partial charge in [-0.3, -0.25) is 4.57 Å². The molecule has 1 aromatic heterocycles. The molecular formula is C12H14N2O3S. The van der Waals surface area contributed by atoms with Gasteiger partial charge in [-0.2, -0.15) is 0 Å². The van der Waals surface area contributed by atoms with Crippen LogP contribution >= 0.6 is 0 Å². The molecule has 1 aromatic carbocycles. The molecule has 2 aromatic rings. The van der Waals surface area contributed by atoms with Crippen LogP contribution in [0, 0.1) is 5.92 Å². The molecule has 1 aliphatic heterocycles. The second-order valence-electron chi connectivity index (χ2n) is 4.83. The molecule has 0 spiro atoms. The second-order valence-corrected chi connectivity index (χ2v) is 7.06. The quantitative estimate of drug-likeness (QED) is 0.872. The van der Waals surface area contributed by atoms with Gasteiger partial charge in [0.25, 0.3) is 0 Å². The predicted molar refractivity (Wildman–Crippen MR) is 69.3 cm³/mol. The molecule has 3 rings (SSSR count). The summed E-state index contributed by atoms with van der Waals surface area (Å²) in [4.78, 5) is 14.6. The van der Waals surface area contributed by atoms with Crippen molar-refractivity contribution in [3.8, 4) is 0 Å². The van der Waals surface area contributed by atoms with Crippen molar-refractivity contribution >= 4 is 20.9 Å². The fourth-order valence-electron chi connectivity index (χ4n) is 2.56. The lowest BCUT2D eigenvalue weighted by Crippen LogP contribution is -2.22. The summed E-state index contributed by atoms with van der Waals surface area (Å²) >= 11 is 0. The molecule has 5 nitrogen and oxygen atoms in total. The van der Waals surface area contributed by atoms with Crippen LogP contribution in [-0.2, 0) is 16.4 Å². The first-order valence-electron chi connectivity index (χ1n) is 5.93. The molecule has 1 N–H and O–H groups in total. The normalized spacial score (nSPS) is 22.6. The molecule has 2 heterocycles. The van der Waals surface area contributed by atoms with Crippen molar-refractivity contribution in [1.82, 2.24) is 9.55 Å². The maximum absolute atomic E-state index is 11.8. The van der Waals surface area contributed by atoms with Crippen molar-refractivity contribution in [2.75, 3.05) is 11.5 Å². The van der Waals surface area contributed by atoms with Crippen LogP contribution in [-0.4, -0.2) is 29.5 Å². The monoisotopic (exact) mass is 266 g/mol. The highest BCUT2D eigenvalue weighted by Gasteiger charge is 2.28. The van der Waals surface area contributed by atoms with E-state index in [0.717, 1.165) is 11.0 Å². The Kier molecular flexibility index (Phi) is 2.55. The summed E-state index contributed by atoms with van der Waals surface area (Å²) in [5.41, 5.74) is 1.47. The van der Waals surface area contributed by atoms with Crippen LogP contribution in [0.2, 0.25) is 0 Å². The van der Waals surface area contributed by atoms with Crippen LogP contribution in [0.5, 0.6) is 0 Å². The van der Waals surface area contributed by atoms with Crippen molar-refractivity contribution in [3.63, 3.8) is 0 Å². The third-order valence-electron chi connectivity index (χ3n) is 3.45. The molecule has 0 bridgehead atoms. The summed E-state index contributed by atoms with van der Waals surface area (Å²) in [7, 11) is -2.89. The number of hydrogen-bond acceptors (Lipinski definition) is 3. The standard InChI is InChI=1S/C12H14N2O3S/c15-12-13-10-3-1-2-4-11(10)14(12)7-9-5-6-18(16,17)8-9/h1-4,9H,5-8H2,(H,13,15). The molecule has 1 aliphatic rings. The Morgan fingerprint density at radius 1 is 1.33 bits per heavy atom. The molecule has 1 fully saturated rings. The summed E-state index contributed by atoms with van der Waals surface area (Å²) in [6.07, 6.45) is 0.647. The van der Waals surface area contributed by atoms with E-state index in [1.54, 1.807) is 4.57 Å². The van der Waals surface area contributed by atoms with E-state index in [-0.39, 0.29) is 23.1 Å². The first-order chi connectivity index (χ1) is 8.55. The van der Waals surface area contributed by atoms with Gasteiger partial charge in [-0.1, -0.05) is 12.1 Å². The number of para-hydroxylation sites is 2. The van der Waals surface area contributed by atoms with Gasteiger partial charge < -0.3 is 4.98 Å². The highest BCUT2D eigenvalue weighted by Crippen LogP contribution is 2.21. The number of hydrogen-bond donors (Lipinski definition) is 1. The first kappa shape index (κ1) is 11.5. The summed E-state index contributed by atoms with van der Waals surface area (Å²) in [6, 6.07) is 7.45. The molecule has 0 amide bonds. The van der Waals surface area contributed by atoms with Crippen molar-refractivity contribution in [3.05, 3.63) is 34.7 Å². The molecule has 1 atom stereocenters. The zero-order valence-corrected chi connectivity index (χ0v) is 10.6. The minimum atomic E-state index is -2.89. The van der Waals surface area contributed by atoms with E-state index in [9.17, 15) is 13.2 Å². The number of rotatable bonds is 2. The highest BCUT2D eigenvalue weighted by molar-refractivity contribution is 7.91. The van der Waals surface area contributed by atoms with Crippen molar-refractivity contribution in [2.24, 2.45) is 5.92 Å². The van der Waals surface area contributed by atoms with Crippen LogP contribution in [0.25, 0.3) is 11.0 Å². The van der Waals surface area contributed by atoms with Gasteiger partial charge >= 0.3 is 5.69 Å². The first-order valence-corrected chi connectivity index (χ1v) is 7.75. The van der Waals surface area contributed by atoms with E-state index in [2.05, 4.69) is 4.98 Å². The maximum atomic E-state index is 11.8. The minimum Gasteiger partial charge on any atom is -0.306 e. The summed E-state index contributed by atoms with van der Waals surface area (Å²) in [6.45, 7) is 0.474. The summed E-state index contributed by atoms with van der Waals surface area (Å²) in [5.74, 6) is 0.486. The van der Waals surface area contributed by atoms with E-state index in [4.69, 9.17) is 0 Å². The lowest BCUT2D eigenvalue weighted by molar-refractivity contribution is 0.490. The van der Waals surface area contributed by atoms with Gasteiger partial charge in [-0.15, -0.1) is 0 Å². The zero-order valence-electron chi connectivity index (χ0n) is 9.80. The van der Waals surface area contributed by atoms with Gasteiger partial charge in [0, 0.05) is 6.54 Å². The molecule has 0 aliphatic carbocycles. The van der Waals surface area contributed by atoms with Gasteiger partial charge in [0.15, 0.2) is 9.84 Å². The van der Waals surface area contributed by atoms with Gasteiger partial charge in [0.1, 0.15) is 0 Å². The number of fused-ring (bicyclic) bond motifs is 1. The molecule has 1 saturated heterocycles. The largest absolute Gasteiger partial charge is 0.326 e. The number of H-pyrrole nitrogens is 1. The fourth-order valence-corrected chi connectivity index (χ4v) is 4.41. The molecule has 0 radical (unpaired) electrons. The van der Waals surface area contributed by atoms with Crippen molar-refractivity contribution in [2.45, 2.75) is 13.0 Å². The Hall–Kier alpha value is -1.56. The molecule has 0 saturated carbocycles. The third kappa shape index (κ3) is 1.96. The highest BCUT2D eigenvalue weighted by atomic mass is 32.2. The number of nitrogens with zero attached hydrogens (tertiary/aromatic N) is 1. The number of imidazole rings is 1. The summed E-state index contributed by atoms with van der Waals surface area (Å²) < 4.78 is 24.5. The Bertz CT molecular complexity index is 742. The fraction of sp³-hybridized carbons (Fsp3) is 0.417. The van der Waals surface area contributed by atoms with Crippen LogP contribution in [0.15, 0.2) is 29.1 Å². The lowest BCUT2D eigenvalue weighted by Gasteiger charge is -2.08. The topological polar surface area (TPSA) is 71.9 Å². The minimum absolute atomic E-state index is 0.0481. The van der Waals surface area contributed by atoms with Gasteiger partial charge in [-0.05, 0) is 24.5 Å². The molecule has 6 heteroatoms. The smallest absolute Gasteiger partial charge is 0.306 e. The maximum Gasteiger partial charge on any atom is 0.326 e. The zero-order chi connectivity index (χ0) is 12.8. The number of aromatic nitrogens is 2. The Balaban J connectivity index is 1.96.